The minimum absolute atomic E-state index is 0. The van der Waals surface area contributed by atoms with E-state index in [1.54, 1.807) is 24.6 Å². The van der Waals surface area contributed by atoms with Crippen molar-refractivity contribution in [1.29, 1.82) is 0 Å². The summed E-state index contributed by atoms with van der Waals surface area (Å²) in [7, 11) is -1.68. The molecule has 0 aromatic carbocycles. The third-order valence-corrected chi connectivity index (χ3v) is 6.35. The highest BCUT2D eigenvalue weighted by atomic mass is 127. The number of sulfonamides is 1. The van der Waals surface area contributed by atoms with Crippen molar-refractivity contribution in [2.75, 3.05) is 20.1 Å². The van der Waals surface area contributed by atoms with E-state index in [0.29, 0.717) is 29.3 Å². The molecule has 6 nitrogen and oxygen atoms in total. The van der Waals surface area contributed by atoms with Crippen LogP contribution in [0.5, 0.6) is 0 Å². The zero-order valence-electron chi connectivity index (χ0n) is 15.4. The standard InChI is InChI=1S/C16H30N4O2S2.HI/c1-13(2)7-5-8-14(3)20-16(17-4)18-10-11-19-24(21,22)15-9-6-12-23-15;/h6,9,12-14,19H,5,7-8,10-11H2,1-4H3,(H2,17,18,20);1H. The van der Waals surface area contributed by atoms with Gasteiger partial charge in [-0.25, -0.2) is 13.1 Å². The third kappa shape index (κ3) is 10.4. The summed E-state index contributed by atoms with van der Waals surface area (Å²) in [5, 5.41) is 8.21. The first-order valence-corrected chi connectivity index (χ1v) is 10.7. The number of aliphatic imine (C=N–C) groups is 1. The van der Waals surface area contributed by atoms with Gasteiger partial charge in [0.1, 0.15) is 4.21 Å². The van der Waals surface area contributed by atoms with E-state index in [2.05, 4.69) is 41.1 Å². The molecule has 9 heteroatoms. The molecule has 0 aliphatic rings. The Morgan fingerprint density at radius 1 is 1.24 bits per heavy atom. The number of halogens is 1. The van der Waals surface area contributed by atoms with E-state index >= 15 is 0 Å². The number of thiophene rings is 1. The lowest BCUT2D eigenvalue weighted by Gasteiger charge is -2.18. The van der Waals surface area contributed by atoms with Crippen molar-refractivity contribution < 1.29 is 8.42 Å². The van der Waals surface area contributed by atoms with Gasteiger partial charge < -0.3 is 10.6 Å². The summed E-state index contributed by atoms with van der Waals surface area (Å²) >= 11 is 1.21. The molecule has 0 aliphatic carbocycles. The molecule has 0 spiro atoms. The average molecular weight is 502 g/mol. The highest BCUT2D eigenvalue weighted by Gasteiger charge is 2.14. The summed E-state index contributed by atoms with van der Waals surface area (Å²) < 4.78 is 26.9. The predicted octanol–water partition coefficient (Wildman–Crippen LogP) is 3.02. The van der Waals surface area contributed by atoms with Crippen molar-refractivity contribution >= 4 is 51.3 Å². The van der Waals surface area contributed by atoms with E-state index in [-0.39, 0.29) is 24.0 Å². The zero-order valence-corrected chi connectivity index (χ0v) is 19.4. The average Bonchev–Trinajstić information content (AvgIpc) is 3.05. The zero-order chi connectivity index (χ0) is 18.0. The molecule has 146 valence electrons. The quantitative estimate of drug-likeness (QED) is 0.199. The summed E-state index contributed by atoms with van der Waals surface area (Å²) in [6.07, 6.45) is 3.50. The van der Waals surface area contributed by atoms with Crippen LogP contribution < -0.4 is 15.4 Å². The van der Waals surface area contributed by atoms with Crippen molar-refractivity contribution in [3.8, 4) is 0 Å². The highest BCUT2D eigenvalue weighted by Crippen LogP contribution is 2.14. The summed E-state index contributed by atoms with van der Waals surface area (Å²) in [5.74, 6) is 1.42. The maximum absolute atomic E-state index is 12.0. The molecule has 1 atom stereocenters. The summed E-state index contributed by atoms with van der Waals surface area (Å²) in [6, 6.07) is 3.65. The Hall–Kier alpha value is -0.390. The molecule has 0 saturated carbocycles. The van der Waals surface area contributed by atoms with Gasteiger partial charge in [0, 0.05) is 26.2 Å². The number of nitrogens with one attached hydrogen (secondary N) is 3. The van der Waals surface area contributed by atoms with Crippen molar-refractivity contribution in [2.24, 2.45) is 10.9 Å². The van der Waals surface area contributed by atoms with E-state index in [4.69, 9.17) is 0 Å². The largest absolute Gasteiger partial charge is 0.355 e. The van der Waals surface area contributed by atoms with E-state index in [1.807, 2.05) is 0 Å². The van der Waals surface area contributed by atoms with E-state index in [9.17, 15) is 8.42 Å². The second kappa shape index (κ2) is 12.9. The minimum atomic E-state index is -3.40. The lowest BCUT2D eigenvalue weighted by Crippen LogP contribution is -2.44. The fourth-order valence-electron chi connectivity index (χ4n) is 2.19. The lowest BCUT2D eigenvalue weighted by atomic mass is 10.0. The smallest absolute Gasteiger partial charge is 0.250 e. The first-order chi connectivity index (χ1) is 11.3. The monoisotopic (exact) mass is 502 g/mol. The van der Waals surface area contributed by atoms with Crippen LogP contribution in [0.2, 0.25) is 0 Å². The van der Waals surface area contributed by atoms with Crippen LogP contribution in [0.3, 0.4) is 0 Å². The Kier molecular flexibility index (Phi) is 12.7. The first kappa shape index (κ1) is 24.6. The van der Waals surface area contributed by atoms with E-state index in [1.165, 1.54) is 24.2 Å². The fourth-order valence-corrected chi connectivity index (χ4v) is 4.26. The molecule has 1 rings (SSSR count). The number of rotatable bonds is 10. The summed E-state index contributed by atoms with van der Waals surface area (Å²) in [5.41, 5.74) is 0. The van der Waals surface area contributed by atoms with Gasteiger partial charge in [0.25, 0.3) is 0 Å². The Morgan fingerprint density at radius 2 is 1.96 bits per heavy atom. The molecule has 25 heavy (non-hydrogen) atoms. The molecule has 0 radical (unpaired) electrons. The molecule has 0 saturated heterocycles. The van der Waals surface area contributed by atoms with Gasteiger partial charge in [-0.1, -0.05) is 32.8 Å². The Balaban J connectivity index is 0.00000576. The van der Waals surface area contributed by atoms with Gasteiger partial charge in [-0.2, -0.15) is 0 Å². The molecule has 0 fully saturated rings. The molecular formula is C16H31IN4O2S2. The third-order valence-electron chi connectivity index (χ3n) is 3.49. The van der Waals surface area contributed by atoms with Gasteiger partial charge in [0.05, 0.1) is 0 Å². The van der Waals surface area contributed by atoms with Crippen LogP contribution in [0.15, 0.2) is 26.7 Å². The van der Waals surface area contributed by atoms with Crippen molar-refractivity contribution in [2.45, 2.75) is 50.3 Å². The van der Waals surface area contributed by atoms with Crippen LogP contribution in [0.1, 0.15) is 40.0 Å². The molecule has 1 aromatic heterocycles. The molecular weight excluding hydrogens is 471 g/mol. The van der Waals surface area contributed by atoms with Crippen molar-refractivity contribution in [3.05, 3.63) is 17.5 Å². The topological polar surface area (TPSA) is 82.6 Å². The first-order valence-electron chi connectivity index (χ1n) is 8.35. The van der Waals surface area contributed by atoms with Crippen LogP contribution in [-0.2, 0) is 10.0 Å². The van der Waals surface area contributed by atoms with Crippen LogP contribution in [0, 0.1) is 5.92 Å². The van der Waals surface area contributed by atoms with Crippen LogP contribution in [-0.4, -0.2) is 40.6 Å². The molecule has 1 aromatic rings. The van der Waals surface area contributed by atoms with Gasteiger partial charge >= 0.3 is 0 Å². The molecule has 0 aliphatic heterocycles. The minimum Gasteiger partial charge on any atom is -0.355 e. The van der Waals surface area contributed by atoms with E-state index < -0.39 is 10.0 Å². The van der Waals surface area contributed by atoms with Crippen molar-refractivity contribution in [3.63, 3.8) is 0 Å². The SMILES string of the molecule is CN=C(NCCNS(=O)(=O)c1cccs1)NC(C)CCCC(C)C.I. The van der Waals surface area contributed by atoms with Gasteiger partial charge in [-0.3, -0.25) is 4.99 Å². The molecule has 3 N–H and O–H groups in total. The van der Waals surface area contributed by atoms with Gasteiger partial charge in [-0.05, 0) is 30.7 Å². The lowest BCUT2D eigenvalue weighted by molar-refractivity contribution is 0.491. The number of hydrogen-bond donors (Lipinski definition) is 3. The van der Waals surface area contributed by atoms with Crippen LogP contribution in [0.4, 0.5) is 0 Å². The second-order valence-electron chi connectivity index (χ2n) is 6.20. The predicted molar refractivity (Wildman–Crippen MR) is 118 cm³/mol. The Morgan fingerprint density at radius 3 is 2.52 bits per heavy atom. The maximum atomic E-state index is 12.0. The van der Waals surface area contributed by atoms with E-state index in [0.717, 1.165) is 12.3 Å². The number of hydrogen-bond acceptors (Lipinski definition) is 4. The van der Waals surface area contributed by atoms with Gasteiger partial charge in [0.2, 0.25) is 10.0 Å². The summed E-state index contributed by atoms with van der Waals surface area (Å²) in [6.45, 7) is 7.38. The molecule has 0 bridgehead atoms. The molecule has 1 unspecified atom stereocenters. The Bertz CT molecular complexity index is 589. The van der Waals surface area contributed by atoms with Crippen LogP contribution >= 0.6 is 35.3 Å². The fraction of sp³-hybridized carbons (Fsp3) is 0.688. The van der Waals surface area contributed by atoms with Crippen molar-refractivity contribution in [1.82, 2.24) is 15.4 Å². The normalized spacial score (nSPS) is 13.4. The number of guanidine groups is 1. The number of nitrogens with zero attached hydrogens (tertiary/aromatic N) is 1. The second-order valence-corrected chi connectivity index (χ2v) is 9.14. The molecule has 1 heterocycles. The maximum Gasteiger partial charge on any atom is 0.250 e. The molecule has 0 amide bonds. The van der Waals surface area contributed by atoms with Gasteiger partial charge in [0.15, 0.2) is 5.96 Å². The van der Waals surface area contributed by atoms with Gasteiger partial charge in [-0.15, -0.1) is 35.3 Å². The highest BCUT2D eigenvalue weighted by molar-refractivity contribution is 14.0. The van der Waals surface area contributed by atoms with Crippen LogP contribution in [0.25, 0.3) is 0 Å². The summed E-state index contributed by atoms with van der Waals surface area (Å²) in [4.78, 5) is 4.17. The Labute approximate surface area is 173 Å².